The Bertz CT molecular complexity index is 998. The molecule has 2 aromatic rings. The zero-order valence-electron chi connectivity index (χ0n) is 15.1. The quantitative estimate of drug-likeness (QED) is 0.238. The number of hydrogen-bond donors (Lipinski definition) is 1. The number of nitrogens with zero attached hydrogens (tertiary/aromatic N) is 1. The van der Waals surface area contributed by atoms with E-state index in [1.54, 1.807) is 0 Å². The van der Waals surface area contributed by atoms with Crippen molar-refractivity contribution >= 4 is 40.3 Å². The molecule has 0 spiro atoms. The van der Waals surface area contributed by atoms with Crippen LogP contribution in [0.2, 0.25) is 5.02 Å². The van der Waals surface area contributed by atoms with Gasteiger partial charge in [0.25, 0.3) is 5.69 Å². The lowest BCUT2D eigenvalue weighted by Crippen LogP contribution is -2.22. The average Bonchev–Trinajstić information content (AvgIpc) is 2.66. The maximum Gasteiger partial charge on any atom is 0.416 e. The summed E-state index contributed by atoms with van der Waals surface area (Å²) in [5.41, 5.74) is -1.88. The van der Waals surface area contributed by atoms with Crippen LogP contribution in [0.3, 0.4) is 0 Å². The van der Waals surface area contributed by atoms with Gasteiger partial charge in [-0.3, -0.25) is 14.9 Å². The van der Waals surface area contributed by atoms with Crippen molar-refractivity contribution in [3.8, 4) is 11.5 Å². The average molecular weight is 464 g/mol. The number of thiocarbonyl (C=S) groups is 1. The van der Waals surface area contributed by atoms with Crippen LogP contribution in [0.25, 0.3) is 0 Å². The standard InChI is InChI=1S/C18H13ClF3NO6S/c1-9(17(25)30)28-8-15(24)12-7-11(3-4-14(12)23(26)27)29-16-5-2-10(6-13(16)19)18(20,21)22/h2-7,9H,8H2,1H3,(H,25,30). The molecule has 0 aliphatic rings. The van der Waals surface area contributed by atoms with E-state index in [1.807, 2.05) is 0 Å². The molecule has 0 bridgehead atoms. The van der Waals surface area contributed by atoms with Crippen molar-refractivity contribution in [2.45, 2.75) is 19.2 Å². The zero-order valence-corrected chi connectivity index (χ0v) is 16.7. The number of alkyl halides is 3. The van der Waals surface area contributed by atoms with E-state index in [1.165, 1.54) is 6.92 Å². The molecule has 0 aliphatic carbocycles. The summed E-state index contributed by atoms with van der Waals surface area (Å²) in [6, 6.07) is 5.61. The molecule has 1 atom stereocenters. The van der Waals surface area contributed by atoms with Gasteiger partial charge in [0.1, 0.15) is 29.8 Å². The van der Waals surface area contributed by atoms with Gasteiger partial charge < -0.3 is 14.6 Å². The van der Waals surface area contributed by atoms with Crippen LogP contribution in [0.5, 0.6) is 11.5 Å². The Morgan fingerprint density at radius 2 is 1.97 bits per heavy atom. The molecule has 7 nitrogen and oxygen atoms in total. The first-order chi connectivity index (χ1) is 13.9. The van der Waals surface area contributed by atoms with E-state index in [4.69, 9.17) is 26.2 Å². The van der Waals surface area contributed by atoms with Crippen molar-refractivity contribution < 1.29 is 37.5 Å². The topological polar surface area (TPSA) is 98.9 Å². The van der Waals surface area contributed by atoms with Gasteiger partial charge in [-0.1, -0.05) is 11.6 Å². The van der Waals surface area contributed by atoms with Crippen LogP contribution in [0, 0.1) is 10.1 Å². The number of halogens is 4. The second-order valence-electron chi connectivity index (χ2n) is 5.90. The number of nitro groups is 1. The van der Waals surface area contributed by atoms with Crippen LogP contribution < -0.4 is 4.74 Å². The Morgan fingerprint density at radius 1 is 1.30 bits per heavy atom. The number of Topliss-reactive ketones (excluding diaryl/α,β-unsaturated/α-hetero) is 1. The fourth-order valence-corrected chi connectivity index (χ4v) is 2.48. The minimum absolute atomic E-state index is 0.0728. The minimum atomic E-state index is -4.59. The maximum atomic E-state index is 12.7. The second-order valence-corrected chi connectivity index (χ2v) is 6.72. The van der Waals surface area contributed by atoms with Gasteiger partial charge in [0.05, 0.1) is 15.5 Å². The molecule has 1 N–H and O–H groups in total. The highest BCUT2D eigenvalue weighted by atomic mass is 35.5. The van der Waals surface area contributed by atoms with Crippen molar-refractivity contribution in [3.05, 3.63) is 62.7 Å². The van der Waals surface area contributed by atoms with Crippen LogP contribution >= 0.6 is 23.8 Å². The van der Waals surface area contributed by atoms with Gasteiger partial charge in [0, 0.05) is 6.07 Å². The zero-order chi connectivity index (χ0) is 22.6. The summed E-state index contributed by atoms with van der Waals surface area (Å²) in [6.45, 7) is 0.767. The number of carbonyl (C=O) groups is 1. The third-order valence-electron chi connectivity index (χ3n) is 3.76. The maximum absolute atomic E-state index is 12.7. The molecule has 2 rings (SSSR count). The highest BCUT2D eigenvalue weighted by Crippen LogP contribution is 2.37. The predicted octanol–water partition coefficient (Wildman–Crippen LogP) is 5.53. The van der Waals surface area contributed by atoms with Gasteiger partial charge >= 0.3 is 6.18 Å². The van der Waals surface area contributed by atoms with Crippen molar-refractivity contribution in [3.63, 3.8) is 0 Å². The van der Waals surface area contributed by atoms with E-state index in [0.29, 0.717) is 6.07 Å². The molecule has 0 amide bonds. The lowest BCUT2D eigenvalue weighted by molar-refractivity contribution is -0.385. The van der Waals surface area contributed by atoms with Crippen LogP contribution in [0.15, 0.2) is 36.4 Å². The third kappa shape index (κ3) is 5.88. The monoisotopic (exact) mass is 463 g/mol. The van der Waals surface area contributed by atoms with E-state index in [9.17, 15) is 28.1 Å². The molecule has 0 aromatic heterocycles. The summed E-state index contributed by atoms with van der Waals surface area (Å²) in [5.74, 6) is -1.02. The molecule has 0 saturated heterocycles. The first-order valence-electron chi connectivity index (χ1n) is 8.10. The number of ketones is 1. The van der Waals surface area contributed by atoms with Gasteiger partial charge in [-0.15, -0.1) is 0 Å². The van der Waals surface area contributed by atoms with E-state index in [-0.39, 0.29) is 22.1 Å². The number of ether oxygens (including phenoxy) is 2. The predicted molar refractivity (Wildman–Crippen MR) is 105 cm³/mol. The molecule has 0 radical (unpaired) electrons. The Balaban J connectivity index is 2.30. The summed E-state index contributed by atoms with van der Waals surface area (Å²) in [4.78, 5) is 22.8. The highest BCUT2D eigenvalue weighted by Gasteiger charge is 2.31. The molecule has 12 heteroatoms. The molecule has 0 fully saturated rings. The number of rotatable bonds is 8. The fourth-order valence-electron chi connectivity index (χ4n) is 2.20. The molecule has 0 heterocycles. The Hall–Kier alpha value is -2.76. The van der Waals surface area contributed by atoms with Crippen molar-refractivity contribution in [2.24, 2.45) is 0 Å². The molecular weight excluding hydrogens is 451 g/mol. The number of carbonyl (C=O) groups excluding carboxylic acids is 1. The summed E-state index contributed by atoms with van der Waals surface area (Å²) in [7, 11) is 0. The Morgan fingerprint density at radius 3 is 2.50 bits per heavy atom. The van der Waals surface area contributed by atoms with E-state index in [0.717, 1.165) is 30.3 Å². The van der Waals surface area contributed by atoms with E-state index < -0.39 is 45.9 Å². The van der Waals surface area contributed by atoms with Crippen LogP contribution in [-0.4, -0.2) is 33.6 Å². The summed E-state index contributed by atoms with van der Waals surface area (Å²) >= 11 is 10.3. The number of benzene rings is 2. The van der Waals surface area contributed by atoms with Crippen LogP contribution in [0.4, 0.5) is 18.9 Å². The lowest BCUT2D eigenvalue weighted by atomic mass is 10.1. The molecule has 160 valence electrons. The normalized spacial score (nSPS) is 12.3. The number of aliphatic hydroxyl groups excluding tert-OH is 1. The van der Waals surface area contributed by atoms with E-state index >= 15 is 0 Å². The smallest absolute Gasteiger partial charge is 0.416 e. The van der Waals surface area contributed by atoms with Gasteiger partial charge in [-0.25, -0.2) is 0 Å². The van der Waals surface area contributed by atoms with Gasteiger partial charge in [0.2, 0.25) is 0 Å². The lowest BCUT2D eigenvalue weighted by Gasteiger charge is -2.12. The molecular formula is C18H13ClF3NO6S. The minimum Gasteiger partial charge on any atom is -0.500 e. The fraction of sp³-hybridized carbons (Fsp3) is 0.222. The number of aliphatic hydroxyl groups is 1. The molecule has 30 heavy (non-hydrogen) atoms. The second kappa shape index (κ2) is 9.37. The largest absolute Gasteiger partial charge is 0.500 e. The summed E-state index contributed by atoms with van der Waals surface area (Å²) in [5, 5.41) is 19.5. The van der Waals surface area contributed by atoms with Crippen molar-refractivity contribution in [2.75, 3.05) is 6.61 Å². The van der Waals surface area contributed by atoms with Crippen molar-refractivity contribution in [1.82, 2.24) is 0 Å². The van der Waals surface area contributed by atoms with Gasteiger partial charge in [0.15, 0.2) is 10.8 Å². The number of nitro benzene ring substituents is 1. The molecule has 0 saturated carbocycles. The molecule has 2 aromatic carbocycles. The third-order valence-corrected chi connectivity index (χ3v) is 4.39. The van der Waals surface area contributed by atoms with Gasteiger partial charge in [-0.2, -0.15) is 13.2 Å². The van der Waals surface area contributed by atoms with E-state index in [2.05, 4.69) is 12.2 Å². The first kappa shape index (κ1) is 23.5. The summed E-state index contributed by atoms with van der Waals surface area (Å²) < 4.78 is 48.6. The number of hydrogen-bond acceptors (Lipinski definition) is 6. The molecule has 1 unspecified atom stereocenters. The van der Waals surface area contributed by atoms with Crippen LogP contribution in [-0.2, 0) is 10.9 Å². The summed E-state index contributed by atoms with van der Waals surface area (Å²) in [6.07, 6.45) is -5.54. The van der Waals surface area contributed by atoms with Crippen molar-refractivity contribution in [1.29, 1.82) is 0 Å². The van der Waals surface area contributed by atoms with Crippen LogP contribution in [0.1, 0.15) is 22.8 Å². The highest BCUT2D eigenvalue weighted by molar-refractivity contribution is 7.80. The van der Waals surface area contributed by atoms with Gasteiger partial charge in [-0.05, 0) is 49.5 Å². The Labute approximate surface area is 178 Å². The Kier molecular flexibility index (Phi) is 7.34. The first-order valence-corrected chi connectivity index (χ1v) is 8.89. The SMILES string of the molecule is CC(OCC(=O)c1cc(Oc2ccc(C(F)(F)F)cc2Cl)ccc1[N+](=O)[O-])C(O)=S. The molecule has 0 aliphatic heterocycles.